The van der Waals surface area contributed by atoms with Gasteiger partial charge in [0.25, 0.3) is 0 Å². The van der Waals surface area contributed by atoms with Crippen molar-refractivity contribution in [1.29, 1.82) is 0 Å². The summed E-state index contributed by atoms with van der Waals surface area (Å²) in [6, 6.07) is 2.17. The Bertz CT molecular complexity index is 423. The molecular weight excluding hydrogens is 230 g/mol. The summed E-state index contributed by atoms with van der Waals surface area (Å²) in [6.07, 6.45) is 2.53. The van der Waals surface area contributed by atoms with Gasteiger partial charge in [-0.3, -0.25) is 4.79 Å². The zero-order valence-corrected chi connectivity index (χ0v) is 10.8. The topological polar surface area (TPSA) is 70.2 Å². The maximum absolute atomic E-state index is 11.0. The number of rotatable bonds is 4. The van der Waals surface area contributed by atoms with E-state index in [0.717, 1.165) is 37.7 Å². The van der Waals surface area contributed by atoms with Crippen molar-refractivity contribution in [1.82, 2.24) is 15.3 Å². The Morgan fingerprint density at radius 3 is 3.11 bits per heavy atom. The highest BCUT2D eigenvalue weighted by molar-refractivity contribution is 5.73. The van der Waals surface area contributed by atoms with Crippen LogP contribution in [0.4, 0.5) is 11.6 Å². The summed E-state index contributed by atoms with van der Waals surface area (Å²) in [5.74, 6) is 1.78. The minimum atomic E-state index is 0.0258. The molecule has 0 aliphatic carbocycles. The van der Waals surface area contributed by atoms with E-state index in [1.165, 1.54) is 0 Å². The van der Waals surface area contributed by atoms with Crippen LogP contribution in [0.25, 0.3) is 0 Å². The molecule has 1 fully saturated rings. The van der Waals surface area contributed by atoms with Gasteiger partial charge in [0.2, 0.25) is 5.91 Å². The number of carbonyl (C=O) groups is 1. The van der Waals surface area contributed by atoms with Crippen LogP contribution in [-0.4, -0.2) is 41.6 Å². The molecule has 1 saturated heterocycles. The molecule has 1 unspecified atom stereocenters. The van der Waals surface area contributed by atoms with Crippen molar-refractivity contribution < 1.29 is 4.79 Å². The van der Waals surface area contributed by atoms with Crippen molar-refractivity contribution in [2.24, 2.45) is 0 Å². The molecule has 0 radical (unpaired) electrons. The van der Waals surface area contributed by atoms with Gasteiger partial charge in [0.1, 0.15) is 18.0 Å². The van der Waals surface area contributed by atoms with E-state index < -0.39 is 0 Å². The van der Waals surface area contributed by atoms with Crippen molar-refractivity contribution in [3.8, 4) is 0 Å². The van der Waals surface area contributed by atoms with Gasteiger partial charge < -0.3 is 15.5 Å². The number of carbonyl (C=O) groups excluding carboxylic acids is 1. The summed E-state index contributed by atoms with van der Waals surface area (Å²) in [6.45, 7) is 6.14. The molecule has 1 aliphatic heterocycles. The largest absolute Gasteiger partial charge is 0.370 e. The molecule has 1 aromatic rings. The first-order chi connectivity index (χ1) is 8.69. The first-order valence-corrected chi connectivity index (χ1v) is 6.27. The fourth-order valence-corrected chi connectivity index (χ4v) is 2.17. The van der Waals surface area contributed by atoms with Crippen LogP contribution in [0.3, 0.4) is 0 Å². The monoisotopic (exact) mass is 249 g/mol. The van der Waals surface area contributed by atoms with Gasteiger partial charge in [-0.05, 0) is 13.3 Å². The summed E-state index contributed by atoms with van der Waals surface area (Å²) in [5, 5.41) is 6.11. The van der Waals surface area contributed by atoms with E-state index in [0.29, 0.717) is 0 Å². The second kappa shape index (κ2) is 5.66. The van der Waals surface area contributed by atoms with Crippen LogP contribution in [0.1, 0.15) is 20.3 Å². The smallest absolute Gasteiger partial charge is 0.217 e. The molecule has 0 bridgehead atoms. The normalized spacial score (nSPS) is 18.8. The molecule has 2 heterocycles. The van der Waals surface area contributed by atoms with Crippen LogP contribution < -0.4 is 15.5 Å². The summed E-state index contributed by atoms with van der Waals surface area (Å²) in [5.41, 5.74) is 0. The summed E-state index contributed by atoms with van der Waals surface area (Å²) in [7, 11) is 0. The van der Waals surface area contributed by atoms with Crippen LogP contribution in [0.2, 0.25) is 0 Å². The van der Waals surface area contributed by atoms with E-state index in [1.54, 1.807) is 13.3 Å². The molecule has 1 amide bonds. The fourth-order valence-electron chi connectivity index (χ4n) is 2.17. The maximum Gasteiger partial charge on any atom is 0.217 e. The molecule has 1 aliphatic rings. The lowest BCUT2D eigenvalue weighted by Gasteiger charge is -2.18. The first-order valence-electron chi connectivity index (χ1n) is 6.27. The van der Waals surface area contributed by atoms with E-state index in [9.17, 15) is 4.79 Å². The van der Waals surface area contributed by atoms with Gasteiger partial charge in [0.05, 0.1) is 0 Å². The van der Waals surface area contributed by atoms with Gasteiger partial charge in [0.15, 0.2) is 0 Å². The number of anilines is 2. The molecule has 6 heteroatoms. The number of nitrogens with zero attached hydrogens (tertiary/aromatic N) is 3. The molecular formula is C12H19N5O. The highest BCUT2D eigenvalue weighted by atomic mass is 16.1. The van der Waals surface area contributed by atoms with Crippen molar-refractivity contribution >= 4 is 17.5 Å². The summed E-state index contributed by atoms with van der Waals surface area (Å²) in [4.78, 5) is 21.6. The highest BCUT2D eigenvalue weighted by Gasteiger charge is 2.24. The third-order valence-electron chi connectivity index (χ3n) is 2.93. The molecule has 98 valence electrons. The van der Waals surface area contributed by atoms with E-state index in [4.69, 9.17) is 0 Å². The molecule has 1 aromatic heterocycles. The van der Waals surface area contributed by atoms with E-state index in [1.807, 2.05) is 13.0 Å². The number of nitrogens with one attached hydrogen (secondary N) is 2. The molecule has 2 rings (SSSR count). The number of hydrogen-bond acceptors (Lipinski definition) is 5. The van der Waals surface area contributed by atoms with Crippen LogP contribution in [0.15, 0.2) is 12.4 Å². The highest BCUT2D eigenvalue weighted by Crippen LogP contribution is 2.19. The predicted molar refractivity (Wildman–Crippen MR) is 70.6 cm³/mol. The minimum absolute atomic E-state index is 0.0258. The molecule has 6 nitrogen and oxygen atoms in total. The number of amides is 1. The molecule has 0 aromatic carbocycles. The third-order valence-corrected chi connectivity index (χ3v) is 2.93. The zero-order valence-electron chi connectivity index (χ0n) is 10.8. The van der Waals surface area contributed by atoms with Gasteiger partial charge in [-0.1, -0.05) is 0 Å². The molecule has 1 atom stereocenters. The van der Waals surface area contributed by atoms with Crippen LogP contribution in [0, 0.1) is 0 Å². The predicted octanol–water partition coefficient (Wildman–Crippen LogP) is 0.623. The molecule has 0 saturated carbocycles. The maximum atomic E-state index is 11.0. The SMILES string of the molecule is CCNc1cc(N2CCC(NC(C)=O)C2)ncn1. The first kappa shape index (κ1) is 12.6. The molecule has 0 spiro atoms. The minimum Gasteiger partial charge on any atom is -0.370 e. The van der Waals surface area contributed by atoms with Crippen molar-refractivity contribution in [3.05, 3.63) is 12.4 Å². The molecule has 18 heavy (non-hydrogen) atoms. The van der Waals surface area contributed by atoms with Crippen molar-refractivity contribution in [3.63, 3.8) is 0 Å². The average molecular weight is 249 g/mol. The zero-order chi connectivity index (χ0) is 13.0. The Morgan fingerprint density at radius 2 is 2.39 bits per heavy atom. The Kier molecular flexibility index (Phi) is 3.96. The molecule has 2 N–H and O–H groups in total. The number of aromatic nitrogens is 2. The number of hydrogen-bond donors (Lipinski definition) is 2. The lowest BCUT2D eigenvalue weighted by atomic mass is 10.3. The quantitative estimate of drug-likeness (QED) is 0.818. The van der Waals surface area contributed by atoms with Gasteiger partial charge in [0, 0.05) is 38.7 Å². The van der Waals surface area contributed by atoms with Crippen LogP contribution in [0.5, 0.6) is 0 Å². The Hall–Kier alpha value is -1.85. The van der Waals surface area contributed by atoms with Crippen LogP contribution >= 0.6 is 0 Å². The fraction of sp³-hybridized carbons (Fsp3) is 0.583. The summed E-state index contributed by atoms with van der Waals surface area (Å²) >= 11 is 0. The van der Waals surface area contributed by atoms with E-state index >= 15 is 0 Å². The summed E-state index contributed by atoms with van der Waals surface area (Å²) < 4.78 is 0. The Labute approximate surface area is 107 Å². The van der Waals surface area contributed by atoms with Crippen molar-refractivity contribution in [2.45, 2.75) is 26.3 Å². The second-order valence-electron chi connectivity index (χ2n) is 4.42. The second-order valence-corrected chi connectivity index (χ2v) is 4.42. The van der Waals surface area contributed by atoms with Gasteiger partial charge in [-0.2, -0.15) is 0 Å². The Balaban J connectivity index is 2.00. The lowest BCUT2D eigenvalue weighted by molar-refractivity contribution is -0.119. The van der Waals surface area contributed by atoms with Gasteiger partial charge >= 0.3 is 0 Å². The third kappa shape index (κ3) is 3.09. The van der Waals surface area contributed by atoms with Crippen LogP contribution in [-0.2, 0) is 4.79 Å². The van der Waals surface area contributed by atoms with Crippen molar-refractivity contribution in [2.75, 3.05) is 29.9 Å². The lowest BCUT2D eigenvalue weighted by Crippen LogP contribution is -2.35. The van der Waals surface area contributed by atoms with Gasteiger partial charge in [-0.15, -0.1) is 0 Å². The standard InChI is InChI=1S/C12H19N5O/c1-3-13-11-6-12(15-8-14-11)17-5-4-10(7-17)16-9(2)18/h6,8,10H,3-5,7H2,1-2H3,(H,16,18)(H,13,14,15). The Morgan fingerprint density at radius 1 is 1.56 bits per heavy atom. The average Bonchev–Trinajstić information content (AvgIpc) is 2.77. The van der Waals surface area contributed by atoms with E-state index in [-0.39, 0.29) is 11.9 Å². The van der Waals surface area contributed by atoms with E-state index in [2.05, 4.69) is 25.5 Å². The van der Waals surface area contributed by atoms with Gasteiger partial charge in [-0.25, -0.2) is 9.97 Å².